The Hall–Kier alpha value is -1.62. The van der Waals surface area contributed by atoms with Crippen LogP contribution in [0.15, 0.2) is 24.4 Å². The van der Waals surface area contributed by atoms with Crippen molar-refractivity contribution in [3.8, 4) is 5.88 Å². The molecule has 1 aromatic heterocycles. The van der Waals surface area contributed by atoms with Gasteiger partial charge in [-0.15, -0.1) is 0 Å². The van der Waals surface area contributed by atoms with E-state index < -0.39 is 0 Å². The third-order valence-electron chi connectivity index (χ3n) is 5.61. The number of aromatic nitrogens is 1. The molecule has 3 aliphatic rings. The lowest BCUT2D eigenvalue weighted by Crippen LogP contribution is -2.66. The monoisotopic (exact) mass is 316 g/mol. The molecule has 2 saturated heterocycles. The van der Waals surface area contributed by atoms with E-state index in [1.165, 1.54) is 0 Å². The summed E-state index contributed by atoms with van der Waals surface area (Å²) in [5.41, 5.74) is -0.110. The first-order valence-electron chi connectivity index (χ1n) is 8.64. The van der Waals surface area contributed by atoms with E-state index in [0.29, 0.717) is 30.2 Å². The summed E-state index contributed by atoms with van der Waals surface area (Å²) < 4.78 is 11.8. The van der Waals surface area contributed by atoms with Crippen molar-refractivity contribution in [1.82, 2.24) is 9.88 Å². The molecule has 1 spiro atoms. The number of pyridine rings is 1. The van der Waals surface area contributed by atoms with Gasteiger partial charge in [-0.2, -0.15) is 0 Å². The number of nitrogens with zero attached hydrogens (tertiary/aromatic N) is 2. The van der Waals surface area contributed by atoms with Gasteiger partial charge >= 0.3 is 0 Å². The average Bonchev–Trinajstić information content (AvgIpc) is 3.10. The molecule has 3 heterocycles. The Morgan fingerprint density at radius 3 is 3.00 bits per heavy atom. The molecule has 1 aliphatic carbocycles. The molecule has 4 rings (SSSR count). The lowest BCUT2D eigenvalue weighted by Gasteiger charge is -2.50. The highest BCUT2D eigenvalue weighted by atomic mass is 16.5. The molecule has 5 heteroatoms. The highest BCUT2D eigenvalue weighted by Crippen LogP contribution is 2.45. The summed E-state index contributed by atoms with van der Waals surface area (Å²) >= 11 is 0. The zero-order valence-corrected chi connectivity index (χ0v) is 13.6. The molecule has 3 fully saturated rings. The maximum absolute atomic E-state index is 12.3. The Kier molecular flexibility index (Phi) is 3.76. The first-order chi connectivity index (χ1) is 11.2. The predicted octanol–water partition coefficient (Wildman–Crippen LogP) is 2.12. The van der Waals surface area contributed by atoms with Gasteiger partial charge in [-0.25, -0.2) is 4.98 Å². The van der Waals surface area contributed by atoms with Crippen molar-refractivity contribution in [2.45, 2.75) is 31.8 Å². The van der Waals surface area contributed by atoms with Gasteiger partial charge in [0.05, 0.1) is 19.7 Å². The highest BCUT2D eigenvalue weighted by molar-refractivity contribution is 5.82. The van der Waals surface area contributed by atoms with Gasteiger partial charge in [0.1, 0.15) is 5.60 Å². The first-order valence-corrected chi connectivity index (χ1v) is 8.64. The molecule has 0 N–H and O–H groups in total. The minimum Gasteiger partial charge on any atom is -0.478 e. The van der Waals surface area contributed by atoms with E-state index in [-0.39, 0.29) is 11.5 Å². The van der Waals surface area contributed by atoms with E-state index in [0.717, 1.165) is 39.0 Å². The fraction of sp³-hybridized carbons (Fsp3) is 0.667. The normalized spacial score (nSPS) is 31.0. The van der Waals surface area contributed by atoms with Gasteiger partial charge < -0.3 is 14.4 Å². The number of carbonyl (C=O) groups is 1. The largest absolute Gasteiger partial charge is 0.478 e. The Labute approximate surface area is 137 Å². The van der Waals surface area contributed by atoms with E-state index in [1.807, 2.05) is 23.1 Å². The number of ether oxygens (including phenoxy) is 2. The third-order valence-corrected chi connectivity index (χ3v) is 5.61. The zero-order valence-electron chi connectivity index (χ0n) is 13.6. The number of hydrogen-bond donors (Lipinski definition) is 0. The van der Waals surface area contributed by atoms with Crippen molar-refractivity contribution in [3.05, 3.63) is 24.4 Å². The molecule has 0 radical (unpaired) electrons. The number of amides is 1. The molecule has 0 aromatic carbocycles. The van der Waals surface area contributed by atoms with E-state index in [4.69, 9.17) is 9.47 Å². The van der Waals surface area contributed by atoms with Crippen molar-refractivity contribution in [3.63, 3.8) is 0 Å². The van der Waals surface area contributed by atoms with Gasteiger partial charge in [0, 0.05) is 24.8 Å². The third kappa shape index (κ3) is 2.82. The van der Waals surface area contributed by atoms with Crippen LogP contribution in [0.4, 0.5) is 0 Å². The molecular weight excluding hydrogens is 292 g/mol. The Bertz CT molecular complexity index is 571. The van der Waals surface area contributed by atoms with Crippen LogP contribution >= 0.6 is 0 Å². The maximum atomic E-state index is 12.3. The van der Waals surface area contributed by atoms with E-state index >= 15 is 0 Å². The second-order valence-corrected chi connectivity index (χ2v) is 7.22. The predicted molar refractivity (Wildman–Crippen MR) is 85.0 cm³/mol. The Morgan fingerprint density at radius 2 is 2.30 bits per heavy atom. The molecular formula is C18H24N2O3. The van der Waals surface area contributed by atoms with Crippen LogP contribution in [0.5, 0.6) is 5.88 Å². The smallest absolute Gasteiger partial charge is 0.226 e. The van der Waals surface area contributed by atoms with E-state index in [2.05, 4.69) is 11.9 Å². The second-order valence-electron chi connectivity index (χ2n) is 7.22. The van der Waals surface area contributed by atoms with Crippen LogP contribution in [-0.2, 0) is 9.53 Å². The molecule has 1 aromatic rings. The molecule has 1 saturated carbocycles. The van der Waals surface area contributed by atoms with Gasteiger partial charge in [0.25, 0.3) is 0 Å². The molecule has 0 unspecified atom stereocenters. The molecule has 5 nitrogen and oxygen atoms in total. The SMILES string of the molecule is C[C@@H]1C[C@H]1C(=O)N1CC2(C1)OCC[C@@H]2CCOc1ccccn1. The summed E-state index contributed by atoms with van der Waals surface area (Å²) in [5, 5.41) is 0. The minimum atomic E-state index is -0.110. The van der Waals surface area contributed by atoms with Crippen LogP contribution in [0.1, 0.15) is 26.2 Å². The van der Waals surface area contributed by atoms with Crippen LogP contribution < -0.4 is 4.74 Å². The van der Waals surface area contributed by atoms with Crippen LogP contribution in [-0.4, -0.2) is 47.7 Å². The fourth-order valence-electron chi connectivity index (χ4n) is 3.94. The zero-order chi connectivity index (χ0) is 15.9. The molecule has 23 heavy (non-hydrogen) atoms. The summed E-state index contributed by atoms with van der Waals surface area (Å²) in [4.78, 5) is 18.4. The molecule has 2 aliphatic heterocycles. The van der Waals surface area contributed by atoms with Crippen LogP contribution in [0, 0.1) is 17.8 Å². The standard InChI is InChI=1S/C18H24N2O3/c1-13-10-15(13)17(21)20-11-18(12-20)14(6-9-23-18)5-8-22-16-4-2-3-7-19-16/h2-4,7,13-15H,5-6,8-12H2,1H3/t13-,14+,15-/m1/s1. The van der Waals surface area contributed by atoms with Crippen molar-refractivity contribution in [1.29, 1.82) is 0 Å². The summed E-state index contributed by atoms with van der Waals surface area (Å²) in [6.45, 7) is 5.14. The lowest BCUT2D eigenvalue weighted by molar-refractivity contribution is -0.167. The number of rotatable bonds is 5. The van der Waals surface area contributed by atoms with Gasteiger partial charge in [-0.3, -0.25) is 4.79 Å². The lowest BCUT2D eigenvalue weighted by atomic mass is 9.79. The van der Waals surface area contributed by atoms with Crippen molar-refractivity contribution in [2.75, 3.05) is 26.3 Å². The van der Waals surface area contributed by atoms with Crippen LogP contribution in [0.25, 0.3) is 0 Å². The minimum absolute atomic E-state index is 0.110. The number of carbonyl (C=O) groups excluding carboxylic acids is 1. The number of hydrogen-bond acceptors (Lipinski definition) is 4. The van der Waals surface area contributed by atoms with E-state index in [9.17, 15) is 4.79 Å². The quantitative estimate of drug-likeness (QED) is 0.835. The average molecular weight is 316 g/mol. The van der Waals surface area contributed by atoms with Crippen molar-refractivity contribution >= 4 is 5.91 Å². The summed E-state index contributed by atoms with van der Waals surface area (Å²) in [6, 6.07) is 5.69. The van der Waals surface area contributed by atoms with Crippen molar-refractivity contribution < 1.29 is 14.3 Å². The molecule has 124 valence electrons. The second kappa shape index (κ2) is 5.78. The van der Waals surface area contributed by atoms with Crippen LogP contribution in [0.3, 0.4) is 0 Å². The summed E-state index contributed by atoms with van der Waals surface area (Å²) in [6.07, 6.45) is 4.82. The molecule has 1 amide bonds. The van der Waals surface area contributed by atoms with Gasteiger partial charge in [0.15, 0.2) is 0 Å². The van der Waals surface area contributed by atoms with Crippen molar-refractivity contribution in [2.24, 2.45) is 17.8 Å². The summed E-state index contributed by atoms with van der Waals surface area (Å²) in [7, 11) is 0. The topological polar surface area (TPSA) is 51.7 Å². The fourth-order valence-corrected chi connectivity index (χ4v) is 3.94. The van der Waals surface area contributed by atoms with Gasteiger partial charge in [-0.05, 0) is 37.2 Å². The molecule has 0 bridgehead atoms. The number of likely N-dealkylation sites (tertiary alicyclic amines) is 1. The van der Waals surface area contributed by atoms with Gasteiger partial charge in [-0.1, -0.05) is 13.0 Å². The first kappa shape index (κ1) is 14.9. The summed E-state index contributed by atoms with van der Waals surface area (Å²) in [5.74, 6) is 2.34. The molecule has 3 atom stereocenters. The highest BCUT2D eigenvalue weighted by Gasteiger charge is 2.56. The van der Waals surface area contributed by atoms with E-state index in [1.54, 1.807) is 6.20 Å². The van der Waals surface area contributed by atoms with Crippen LogP contribution in [0.2, 0.25) is 0 Å². The van der Waals surface area contributed by atoms with Gasteiger partial charge in [0.2, 0.25) is 11.8 Å². The Balaban J connectivity index is 1.27. The maximum Gasteiger partial charge on any atom is 0.226 e. The Morgan fingerprint density at radius 1 is 1.48 bits per heavy atom.